The molecule has 98 valence electrons. The van der Waals surface area contributed by atoms with Gasteiger partial charge in [0.15, 0.2) is 0 Å². The van der Waals surface area contributed by atoms with Crippen molar-refractivity contribution in [1.82, 2.24) is 4.90 Å². The summed E-state index contributed by atoms with van der Waals surface area (Å²) in [7, 11) is 0. The molecule has 1 atom stereocenters. The zero-order valence-corrected chi connectivity index (χ0v) is 16.0. The quantitative estimate of drug-likeness (QED) is 0.409. The lowest BCUT2D eigenvalue weighted by atomic mass is 10.1. The molecule has 1 aromatic carbocycles. The van der Waals surface area contributed by atoms with Crippen molar-refractivity contribution < 1.29 is 9.90 Å². The molecule has 0 radical (unpaired) electrons. The van der Waals surface area contributed by atoms with Gasteiger partial charge in [-0.15, -0.1) is 0 Å². The maximum absolute atomic E-state index is 12.5. The van der Waals surface area contributed by atoms with Crippen LogP contribution in [0.1, 0.15) is 23.2 Å². The predicted octanol–water partition coefficient (Wildman–Crippen LogP) is 3.10. The third-order valence-electron chi connectivity index (χ3n) is 2.91. The lowest BCUT2D eigenvalue weighted by Gasteiger charge is -2.30. The number of carbonyl (C=O) groups is 1. The zero-order chi connectivity index (χ0) is 13.3. The monoisotopic (exact) mass is 583 g/mol. The molecule has 3 nitrogen and oxygen atoms in total. The highest BCUT2D eigenvalue weighted by molar-refractivity contribution is 14.1. The number of nitrogens with zero attached hydrogens (tertiary/aromatic N) is 1. The van der Waals surface area contributed by atoms with Gasteiger partial charge in [0.05, 0.1) is 11.7 Å². The van der Waals surface area contributed by atoms with E-state index in [0.29, 0.717) is 6.54 Å². The largest absolute Gasteiger partial charge is 0.391 e. The second-order valence-electron chi connectivity index (χ2n) is 4.30. The zero-order valence-electron chi connectivity index (χ0n) is 9.50. The van der Waals surface area contributed by atoms with Gasteiger partial charge in [0.1, 0.15) is 0 Å². The fourth-order valence-corrected chi connectivity index (χ4v) is 4.41. The van der Waals surface area contributed by atoms with Crippen molar-refractivity contribution in [2.24, 2.45) is 0 Å². The molecule has 0 bridgehead atoms. The van der Waals surface area contributed by atoms with Crippen molar-refractivity contribution in [3.8, 4) is 0 Å². The Bertz CT molecular complexity index is 479. The van der Waals surface area contributed by atoms with E-state index in [1.165, 1.54) is 0 Å². The summed E-state index contributed by atoms with van der Waals surface area (Å²) in [6.07, 6.45) is 1.30. The Morgan fingerprint density at radius 2 is 2.06 bits per heavy atom. The number of hydrogen-bond acceptors (Lipinski definition) is 2. The summed E-state index contributed by atoms with van der Waals surface area (Å²) in [5, 5.41) is 9.66. The Labute approximate surface area is 147 Å². The Kier molecular flexibility index (Phi) is 5.52. The van der Waals surface area contributed by atoms with E-state index in [1.807, 2.05) is 6.07 Å². The Morgan fingerprint density at radius 3 is 2.72 bits per heavy atom. The number of benzene rings is 1. The predicted molar refractivity (Wildman–Crippen MR) is 95.7 cm³/mol. The normalized spacial score (nSPS) is 20.0. The van der Waals surface area contributed by atoms with Crippen LogP contribution in [0.3, 0.4) is 0 Å². The minimum Gasteiger partial charge on any atom is -0.391 e. The molecular weight excluding hydrogens is 571 g/mol. The summed E-state index contributed by atoms with van der Waals surface area (Å²) in [5.74, 6) is 0.0367. The Balaban J connectivity index is 2.28. The molecule has 0 spiro atoms. The number of likely N-dealkylation sites (tertiary alicyclic amines) is 1. The summed E-state index contributed by atoms with van der Waals surface area (Å²) in [6.45, 7) is 1.20. The number of carbonyl (C=O) groups excluding carboxylic acids is 1. The summed E-state index contributed by atoms with van der Waals surface area (Å²) in [5.41, 5.74) is 0.751. The first-order valence-corrected chi connectivity index (χ1v) is 8.84. The van der Waals surface area contributed by atoms with Crippen LogP contribution in [0.2, 0.25) is 0 Å². The van der Waals surface area contributed by atoms with Crippen LogP contribution in [-0.2, 0) is 0 Å². The topological polar surface area (TPSA) is 40.5 Å². The van der Waals surface area contributed by atoms with Gasteiger partial charge >= 0.3 is 0 Å². The van der Waals surface area contributed by atoms with E-state index in [2.05, 4.69) is 73.8 Å². The second-order valence-corrected chi connectivity index (χ2v) is 7.78. The minimum absolute atomic E-state index is 0.0367. The van der Waals surface area contributed by atoms with E-state index in [0.717, 1.165) is 35.7 Å². The highest BCUT2D eigenvalue weighted by Gasteiger charge is 2.25. The highest BCUT2D eigenvalue weighted by atomic mass is 127. The van der Waals surface area contributed by atoms with Crippen LogP contribution in [0.4, 0.5) is 0 Å². The number of aliphatic hydroxyl groups is 1. The molecule has 1 unspecified atom stereocenters. The van der Waals surface area contributed by atoms with Gasteiger partial charge in [-0.05, 0) is 92.7 Å². The molecule has 1 amide bonds. The third kappa shape index (κ3) is 3.48. The first-order valence-electron chi connectivity index (χ1n) is 5.61. The number of β-amino-alcohol motifs (C(OH)–C–C–N with tert-alkyl or cyclic N) is 1. The van der Waals surface area contributed by atoms with Gasteiger partial charge in [0, 0.05) is 23.8 Å². The van der Waals surface area contributed by atoms with Crippen molar-refractivity contribution in [3.05, 3.63) is 28.4 Å². The number of rotatable bonds is 1. The molecule has 1 aliphatic rings. The lowest BCUT2D eigenvalue weighted by Crippen LogP contribution is -2.42. The number of halogens is 3. The van der Waals surface area contributed by atoms with Gasteiger partial charge in [-0.25, -0.2) is 0 Å². The molecule has 6 heteroatoms. The van der Waals surface area contributed by atoms with Crippen molar-refractivity contribution in [1.29, 1.82) is 0 Å². The maximum atomic E-state index is 12.5. The van der Waals surface area contributed by atoms with E-state index in [-0.39, 0.29) is 12.0 Å². The van der Waals surface area contributed by atoms with E-state index in [4.69, 9.17) is 0 Å². The summed E-state index contributed by atoms with van der Waals surface area (Å²) < 4.78 is 3.16. The van der Waals surface area contributed by atoms with E-state index >= 15 is 0 Å². The van der Waals surface area contributed by atoms with E-state index in [9.17, 15) is 9.90 Å². The fraction of sp³-hybridized carbons (Fsp3) is 0.417. The molecule has 1 aliphatic heterocycles. The first kappa shape index (κ1) is 15.2. The first-order chi connectivity index (χ1) is 8.49. The van der Waals surface area contributed by atoms with Crippen LogP contribution in [0.15, 0.2) is 12.1 Å². The van der Waals surface area contributed by atoms with Gasteiger partial charge in [-0.3, -0.25) is 4.79 Å². The minimum atomic E-state index is -0.373. The van der Waals surface area contributed by atoms with Gasteiger partial charge in [0.25, 0.3) is 5.91 Å². The van der Waals surface area contributed by atoms with Crippen LogP contribution in [0.5, 0.6) is 0 Å². The number of hydrogen-bond donors (Lipinski definition) is 1. The van der Waals surface area contributed by atoms with Crippen LogP contribution >= 0.6 is 67.8 Å². The second kappa shape index (κ2) is 6.53. The summed E-state index contributed by atoms with van der Waals surface area (Å²) >= 11 is 6.70. The molecule has 1 N–H and O–H groups in total. The standard InChI is InChI=1S/C12H12I3NO2/c13-7-4-9(11(15)10(14)5-7)12(18)16-3-1-2-8(17)6-16/h4-5,8,17H,1-3,6H2. The molecule has 2 rings (SSSR count). The molecule has 1 saturated heterocycles. The van der Waals surface area contributed by atoms with Gasteiger partial charge in [-0.2, -0.15) is 0 Å². The molecule has 1 aromatic rings. The number of piperidine rings is 1. The molecule has 0 saturated carbocycles. The average molecular weight is 583 g/mol. The van der Waals surface area contributed by atoms with Crippen molar-refractivity contribution in [2.75, 3.05) is 13.1 Å². The van der Waals surface area contributed by atoms with Crippen molar-refractivity contribution in [2.45, 2.75) is 18.9 Å². The lowest BCUT2D eigenvalue weighted by molar-refractivity contribution is 0.0472. The van der Waals surface area contributed by atoms with Gasteiger partial charge in [0.2, 0.25) is 0 Å². The van der Waals surface area contributed by atoms with Gasteiger partial charge in [-0.1, -0.05) is 0 Å². The highest BCUT2D eigenvalue weighted by Crippen LogP contribution is 2.25. The fourth-order valence-electron chi connectivity index (χ4n) is 2.02. The number of aliphatic hydroxyl groups excluding tert-OH is 1. The Hall–Kier alpha value is 0.840. The Morgan fingerprint density at radius 1 is 1.33 bits per heavy atom. The van der Waals surface area contributed by atoms with E-state index in [1.54, 1.807) is 4.90 Å². The smallest absolute Gasteiger partial charge is 0.255 e. The number of amides is 1. The molecular formula is C12H12I3NO2. The van der Waals surface area contributed by atoms with Gasteiger partial charge < -0.3 is 10.0 Å². The molecule has 0 aromatic heterocycles. The van der Waals surface area contributed by atoms with Crippen LogP contribution in [0, 0.1) is 10.7 Å². The van der Waals surface area contributed by atoms with Crippen molar-refractivity contribution in [3.63, 3.8) is 0 Å². The van der Waals surface area contributed by atoms with Crippen LogP contribution < -0.4 is 0 Å². The SMILES string of the molecule is O=C(c1cc(I)cc(I)c1I)N1CCCC(O)C1. The molecule has 18 heavy (non-hydrogen) atoms. The summed E-state index contributed by atoms with van der Waals surface area (Å²) in [6, 6.07) is 3.98. The molecule has 0 aliphatic carbocycles. The van der Waals surface area contributed by atoms with Crippen molar-refractivity contribution >= 4 is 73.7 Å². The third-order valence-corrected chi connectivity index (χ3v) is 6.57. The van der Waals surface area contributed by atoms with E-state index < -0.39 is 0 Å². The van der Waals surface area contributed by atoms with Crippen LogP contribution in [0.25, 0.3) is 0 Å². The maximum Gasteiger partial charge on any atom is 0.255 e. The van der Waals surface area contributed by atoms with Crippen LogP contribution in [-0.4, -0.2) is 35.1 Å². The molecule has 1 heterocycles. The molecule has 1 fully saturated rings. The average Bonchev–Trinajstić information content (AvgIpc) is 2.33. The summed E-state index contributed by atoms with van der Waals surface area (Å²) in [4.78, 5) is 14.2.